The number of fused-ring (bicyclic) bond motifs is 1. The Kier molecular flexibility index (Phi) is 3.95. The first-order chi connectivity index (χ1) is 12.9. The highest BCUT2D eigenvalue weighted by molar-refractivity contribution is 5.98. The average molecular weight is 367 g/mol. The first-order valence-electron chi connectivity index (χ1n) is 7.93. The summed E-state index contributed by atoms with van der Waals surface area (Å²) in [6.45, 7) is 0. The van der Waals surface area contributed by atoms with Crippen molar-refractivity contribution in [3.8, 4) is 22.4 Å². The van der Waals surface area contributed by atoms with Crippen LogP contribution in [0, 0.1) is 0 Å². The molecule has 8 heteroatoms. The molecule has 134 valence electrons. The highest BCUT2D eigenvalue weighted by Crippen LogP contribution is 2.39. The maximum atomic E-state index is 13.2. The second-order valence-electron chi connectivity index (χ2n) is 5.85. The van der Waals surface area contributed by atoms with Crippen LogP contribution in [0.15, 0.2) is 61.2 Å². The number of pyridine rings is 2. The first-order valence-corrected chi connectivity index (χ1v) is 7.93. The lowest BCUT2D eigenvalue weighted by Gasteiger charge is -2.15. The molecule has 0 aliphatic rings. The molecule has 0 radical (unpaired) electrons. The van der Waals surface area contributed by atoms with Gasteiger partial charge in [-0.1, -0.05) is 12.1 Å². The van der Waals surface area contributed by atoms with Crippen LogP contribution in [0.1, 0.15) is 5.56 Å². The van der Waals surface area contributed by atoms with Crippen molar-refractivity contribution in [2.24, 2.45) is 0 Å². The molecule has 0 aliphatic carbocycles. The van der Waals surface area contributed by atoms with Crippen LogP contribution < -0.4 is 5.73 Å². The maximum Gasteiger partial charge on any atom is 0.416 e. The number of rotatable bonds is 2. The number of alkyl halides is 3. The summed E-state index contributed by atoms with van der Waals surface area (Å²) in [5.74, 6) is 0. The first kappa shape index (κ1) is 16.9. The van der Waals surface area contributed by atoms with Crippen LogP contribution in [0.5, 0.6) is 0 Å². The number of nitrogens with two attached hydrogens (primary N) is 1. The van der Waals surface area contributed by atoms with Gasteiger partial charge in [0.1, 0.15) is 5.69 Å². The Morgan fingerprint density at radius 1 is 0.852 bits per heavy atom. The summed E-state index contributed by atoms with van der Waals surface area (Å²) in [4.78, 5) is 8.03. The topological polar surface area (TPSA) is 77.6 Å². The van der Waals surface area contributed by atoms with Gasteiger partial charge < -0.3 is 5.73 Å². The average Bonchev–Trinajstić information content (AvgIpc) is 2.68. The fourth-order valence-corrected chi connectivity index (χ4v) is 2.85. The molecule has 0 amide bonds. The van der Waals surface area contributed by atoms with Gasteiger partial charge in [0.25, 0.3) is 0 Å². The Bertz CT molecular complexity index is 1130. The number of aromatic nitrogens is 4. The van der Waals surface area contributed by atoms with Crippen LogP contribution >= 0.6 is 0 Å². The molecule has 0 atom stereocenters. The molecule has 2 N–H and O–H groups in total. The van der Waals surface area contributed by atoms with Gasteiger partial charge in [-0.2, -0.15) is 13.2 Å². The minimum Gasteiger partial charge on any atom is -0.396 e. The van der Waals surface area contributed by atoms with Crippen molar-refractivity contribution in [2.75, 3.05) is 5.73 Å². The predicted molar refractivity (Wildman–Crippen MR) is 95.4 cm³/mol. The number of benzene rings is 1. The highest BCUT2D eigenvalue weighted by atomic mass is 19.4. The summed E-state index contributed by atoms with van der Waals surface area (Å²) in [6.07, 6.45) is 1.68. The summed E-state index contributed by atoms with van der Waals surface area (Å²) in [7, 11) is 0. The number of nitrogen functional groups attached to an aromatic ring is 1. The molecule has 0 unspecified atom stereocenters. The van der Waals surface area contributed by atoms with Gasteiger partial charge in [-0.05, 0) is 29.8 Å². The Labute approximate surface area is 151 Å². The SMILES string of the molecule is Nc1c(-c2ccc(C(F)(F)F)cc2-c2cccnc2)nnc2ccncc12. The van der Waals surface area contributed by atoms with Gasteiger partial charge in [0.15, 0.2) is 0 Å². The van der Waals surface area contributed by atoms with Crippen molar-refractivity contribution in [3.05, 3.63) is 66.7 Å². The molecule has 0 fully saturated rings. The fraction of sp³-hybridized carbons (Fsp3) is 0.0526. The van der Waals surface area contributed by atoms with E-state index in [1.807, 2.05) is 0 Å². The lowest BCUT2D eigenvalue weighted by atomic mass is 9.95. The van der Waals surface area contributed by atoms with Crippen LogP contribution in [-0.4, -0.2) is 20.2 Å². The van der Waals surface area contributed by atoms with Crippen LogP contribution in [-0.2, 0) is 6.18 Å². The molecule has 0 aliphatic heterocycles. The van der Waals surface area contributed by atoms with Gasteiger partial charge in [0.2, 0.25) is 0 Å². The second kappa shape index (κ2) is 6.31. The molecule has 0 saturated heterocycles. The Hall–Kier alpha value is -3.55. The summed E-state index contributed by atoms with van der Waals surface area (Å²) in [5, 5.41) is 8.85. The molecule has 5 nitrogen and oxygen atoms in total. The molecule has 27 heavy (non-hydrogen) atoms. The zero-order chi connectivity index (χ0) is 19.0. The third-order valence-electron chi connectivity index (χ3n) is 4.18. The van der Waals surface area contributed by atoms with Gasteiger partial charge in [-0.3, -0.25) is 9.97 Å². The number of hydrogen-bond acceptors (Lipinski definition) is 5. The Balaban J connectivity index is 2.00. The lowest BCUT2D eigenvalue weighted by molar-refractivity contribution is -0.137. The van der Waals surface area contributed by atoms with Gasteiger partial charge >= 0.3 is 6.18 Å². The number of halogens is 3. The van der Waals surface area contributed by atoms with E-state index in [2.05, 4.69) is 20.2 Å². The number of nitrogens with zero attached hydrogens (tertiary/aromatic N) is 4. The Morgan fingerprint density at radius 2 is 1.67 bits per heavy atom. The molecule has 1 aromatic carbocycles. The third-order valence-corrected chi connectivity index (χ3v) is 4.18. The molecule has 3 heterocycles. The zero-order valence-electron chi connectivity index (χ0n) is 13.8. The lowest BCUT2D eigenvalue weighted by Crippen LogP contribution is -2.06. The molecule has 3 aromatic heterocycles. The molecule has 4 aromatic rings. The minimum atomic E-state index is -4.47. The molecular weight excluding hydrogens is 355 g/mol. The van der Waals surface area contributed by atoms with Crippen molar-refractivity contribution in [1.29, 1.82) is 0 Å². The summed E-state index contributed by atoms with van der Waals surface area (Å²) < 4.78 is 39.7. The van der Waals surface area contributed by atoms with Crippen molar-refractivity contribution < 1.29 is 13.2 Å². The van der Waals surface area contributed by atoms with Crippen molar-refractivity contribution >= 4 is 16.6 Å². The normalized spacial score (nSPS) is 11.7. The van der Waals surface area contributed by atoms with E-state index in [0.717, 1.165) is 12.1 Å². The zero-order valence-corrected chi connectivity index (χ0v) is 13.8. The van der Waals surface area contributed by atoms with E-state index in [1.54, 1.807) is 36.8 Å². The summed E-state index contributed by atoms with van der Waals surface area (Å²) in [5.41, 5.74) is 7.91. The van der Waals surface area contributed by atoms with Crippen LogP contribution in [0.2, 0.25) is 0 Å². The highest BCUT2D eigenvalue weighted by Gasteiger charge is 2.31. The monoisotopic (exact) mass is 367 g/mol. The quantitative estimate of drug-likeness (QED) is 0.570. The standard InChI is InChI=1S/C19H12F3N5/c20-19(21,22)12-3-4-13(14(8-12)11-2-1-6-24-9-11)18-17(23)15-10-25-7-5-16(15)26-27-18/h1-10H,(H2,23,26). The van der Waals surface area contributed by atoms with Crippen molar-refractivity contribution in [1.82, 2.24) is 20.2 Å². The minimum absolute atomic E-state index is 0.295. The largest absolute Gasteiger partial charge is 0.416 e. The van der Waals surface area contributed by atoms with E-state index in [-0.39, 0.29) is 0 Å². The third kappa shape index (κ3) is 3.05. The molecule has 0 saturated carbocycles. The maximum absolute atomic E-state index is 13.2. The van der Waals surface area contributed by atoms with E-state index < -0.39 is 11.7 Å². The van der Waals surface area contributed by atoms with Crippen LogP contribution in [0.4, 0.5) is 18.9 Å². The molecule has 4 rings (SSSR count). The fourth-order valence-electron chi connectivity index (χ4n) is 2.85. The van der Waals surface area contributed by atoms with Gasteiger partial charge in [0, 0.05) is 41.3 Å². The predicted octanol–water partition coefficient (Wildman–Crippen LogP) is 4.35. The number of hydrogen-bond donors (Lipinski definition) is 1. The van der Waals surface area contributed by atoms with Gasteiger partial charge in [-0.15, -0.1) is 10.2 Å². The Morgan fingerprint density at radius 3 is 2.41 bits per heavy atom. The molecule has 0 spiro atoms. The van der Waals surface area contributed by atoms with E-state index in [1.165, 1.54) is 12.3 Å². The van der Waals surface area contributed by atoms with Crippen LogP contribution in [0.25, 0.3) is 33.3 Å². The summed E-state index contributed by atoms with van der Waals surface area (Å²) >= 11 is 0. The number of anilines is 1. The van der Waals surface area contributed by atoms with Crippen molar-refractivity contribution in [2.45, 2.75) is 6.18 Å². The molecule has 0 bridgehead atoms. The van der Waals surface area contributed by atoms with E-state index >= 15 is 0 Å². The van der Waals surface area contributed by atoms with Gasteiger partial charge in [0.05, 0.1) is 16.8 Å². The van der Waals surface area contributed by atoms with Crippen molar-refractivity contribution in [3.63, 3.8) is 0 Å². The second-order valence-corrected chi connectivity index (χ2v) is 5.85. The van der Waals surface area contributed by atoms with Crippen LogP contribution in [0.3, 0.4) is 0 Å². The smallest absolute Gasteiger partial charge is 0.396 e. The van der Waals surface area contributed by atoms with Gasteiger partial charge in [-0.25, -0.2) is 0 Å². The molecular formula is C19H12F3N5. The summed E-state index contributed by atoms with van der Waals surface area (Å²) in [6, 6.07) is 8.42. The van der Waals surface area contributed by atoms with E-state index in [9.17, 15) is 13.2 Å². The van der Waals surface area contributed by atoms with E-state index in [4.69, 9.17) is 5.73 Å². The van der Waals surface area contributed by atoms with E-state index in [0.29, 0.717) is 39.0 Å².